The van der Waals surface area contributed by atoms with Gasteiger partial charge in [0.25, 0.3) is 0 Å². The summed E-state index contributed by atoms with van der Waals surface area (Å²) in [6.45, 7) is 1.96. The van der Waals surface area contributed by atoms with Crippen molar-refractivity contribution in [2.45, 2.75) is 37.2 Å². The molecule has 28 heavy (non-hydrogen) atoms. The highest BCUT2D eigenvalue weighted by atomic mass is 32.2. The van der Waals surface area contributed by atoms with Gasteiger partial charge in [-0.3, -0.25) is 4.79 Å². The Bertz CT molecular complexity index is 887. The first-order valence-corrected chi connectivity index (χ1v) is 10.4. The third-order valence-corrected chi connectivity index (χ3v) is 5.66. The highest BCUT2D eigenvalue weighted by molar-refractivity contribution is 7.99. The standard InChI is InChI=1S/C21H23N3O3S/c25-20(22-12-17-8-4-10-26-17)15-28-21-23-13-19(16-6-2-1-3-7-16)24(21)14-18-9-5-11-27-18/h1-4,6-8,10,13,18H,5,9,11-12,14-15H2,(H,22,25)/t18-/m1/s1. The second-order valence-electron chi connectivity index (χ2n) is 6.68. The first-order valence-electron chi connectivity index (χ1n) is 9.44. The summed E-state index contributed by atoms with van der Waals surface area (Å²) in [6, 6.07) is 13.8. The number of aromatic nitrogens is 2. The fourth-order valence-corrected chi connectivity index (χ4v) is 4.08. The number of nitrogens with one attached hydrogen (secondary N) is 1. The number of rotatable bonds is 8. The van der Waals surface area contributed by atoms with Crippen LogP contribution < -0.4 is 5.32 Å². The van der Waals surface area contributed by atoms with E-state index in [4.69, 9.17) is 9.15 Å². The van der Waals surface area contributed by atoms with Crippen LogP contribution in [0.15, 0.2) is 64.5 Å². The highest BCUT2D eigenvalue weighted by Crippen LogP contribution is 2.28. The molecule has 1 fully saturated rings. The van der Waals surface area contributed by atoms with Gasteiger partial charge in [-0.25, -0.2) is 4.98 Å². The SMILES string of the molecule is O=C(CSc1ncc(-c2ccccc2)n1C[C@H]1CCCO1)NCc1ccco1. The summed E-state index contributed by atoms with van der Waals surface area (Å²) in [5, 5.41) is 3.71. The predicted octanol–water partition coefficient (Wildman–Crippen LogP) is 3.73. The predicted molar refractivity (Wildman–Crippen MR) is 108 cm³/mol. The number of carbonyl (C=O) groups excluding carboxylic acids is 1. The zero-order valence-electron chi connectivity index (χ0n) is 15.5. The number of imidazole rings is 1. The van der Waals surface area contributed by atoms with Crippen molar-refractivity contribution in [2.75, 3.05) is 12.4 Å². The number of carbonyl (C=O) groups is 1. The fourth-order valence-electron chi connectivity index (χ4n) is 3.26. The highest BCUT2D eigenvalue weighted by Gasteiger charge is 2.21. The van der Waals surface area contributed by atoms with Gasteiger partial charge in [0, 0.05) is 6.61 Å². The number of amides is 1. The van der Waals surface area contributed by atoms with Gasteiger partial charge < -0.3 is 19.0 Å². The molecule has 0 aliphatic carbocycles. The molecule has 0 unspecified atom stereocenters. The molecule has 3 aromatic rings. The van der Waals surface area contributed by atoms with E-state index in [-0.39, 0.29) is 12.0 Å². The monoisotopic (exact) mass is 397 g/mol. The van der Waals surface area contributed by atoms with Crippen molar-refractivity contribution in [3.05, 3.63) is 60.7 Å². The molecule has 7 heteroatoms. The molecule has 1 amide bonds. The molecule has 1 aromatic carbocycles. The summed E-state index contributed by atoms with van der Waals surface area (Å²) >= 11 is 1.44. The summed E-state index contributed by atoms with van der Waals surface area (Å²) in [7, 11) is 0. The summed E-state index contributed by atoms with van der Waals surface area (Å²) in [6.07, 6.45) is 5.83. The normalized spacial score (nSPS) is 16.4. The van der Waals surface area contributed by atoms with Crippen molar-refractivity contribution < 1.29 is 13.9 Å². The van der Waals surface area contributed by atoms with Crippen LogP contribution in [0.1, 0.15) is 18.6 Å². The minimum atomic E-state index is -0.0469. The molecular weight excluding hydrogens is 374 g/mol. The number of furan rings is 1. The van der Waals surface area contributed by atoms with E-state index in [0.717, 1.165) is 48.2 Å². The van der Waals surface area contributed by atoms with E-state index in [1.165, 1.54) is 11.8 Å². The second kappa shape index (κ2) is 9.12. The van der Waals surface area contributed by atoms with Crippen molar-refractivity contribution in [3.8, 4) is 11.3 Å². The lowest BCUT2D eigenvalue weighted by molar-refractivity contribution is -0.118. The maximum absolute atomic E-state index is 12.2. The first kappa shape index (κ1) is 18.8. The van der Waals surface area contributed by atoms with Crippen molar-refractivity contribution in [2.24, 2.45) is 0 Å². The van der Waals surface area contributed by atoms with Gasteiger partial charge in [0.05, 0.1) is 43.1 Å². The number of benzene rings is 1. The van der Waals surface area contributed by atoms with Crippen LogP contribution in [0.5, 0.6) is 0 Å². The summed E-state index contributed by atoms with van der Waals surface area (Å²) in [5.41, 5.74) is 2.16. The largest absolute Gasteiger partial charge is 0.467 e. The van der Waals surface area contributed by atoms with Crippen LogP contribution >= 0.6 is 11.8 Å². The zero-order valence-corrected chi connectivity index (χ0v) is 16.4. The minimum absolute atomic E-state index is 0.0469. The molecule has 1 atom stereocenters. The van der Waals surface area contributed by atoms with Gasteiger partial charge in [0.2, 0.25) is 5.91 Å². The molecule has 6 nitrogen and oxygen atoms in total. The van der Waals surface area contributed by atoms with E-state index in [1.807, 2.05) is 36.5 Å². The van der Waals surface area contributed by atoms with Crippen LogP contribution in [-0.2, 0) is 22.6 Å². The van der Waals surface area contributed by atoms with Crippen molar-refractivity contribution in [3.63, 3.8) is 0 Å². The van der Waals surface area contributed by atoms with Crippen LogP contribution in [-0.4, -0.2) is 33.9 Å². The Morgan fingerprint density at radius 1 is 1.25 bits per heavy atom. The minimum Gasteiger partial charge on any atom is -0.467 e. The molecule has 146 valence electrons. The Hall–Kier alpha value is -2.51. The molecule has 0 spiro atoms. The topological polar surface area (TPSA) is 69.3 Å². The molecule has 3 heterocycles. The van der Waals surface area contributed by atoms with Gasteiger partial charge >= 0.3 is 0 Å². The van der Waals surface area contributed by atoms with Gasteiger partial charge in [-0.15, -0.1) is 0 Å². The van der Waals surface area contributed by atoms with Crippen LogP contribution in [0.3, 0.4) is 0 Å². The number of nitrogens with zero attached hydrogens (tertiary/aromatic N) is 2. The quantitative estimate of drug-likeness (QED) is 0.587. The summed E-state index contributed by atoms with van der Waals surface area (Å²) in [5.74, 6) is 0.996. The van der Waals surface area contributed by atoms with E-state index in [1.54, 1.807) is 6.26 Å². The van der Waals surface area contributed by atoms with Crippen LogP contribution in [0.4, 0.5) is 0 Å². The first-order chi connectivity index (χ1) is 13.8. The Morgan fingerprint density at radius 2 is 2.14 bits per heavy atom. The average Bonchev–Trinajstić information content (AvgIpc) is 3.48. The number of hydrogen-bond donors (Lipinski definition) is 1. The Morgan fingerprint density at radius 3 is 2.89 bits per heavy atom. The molecule has 1 aliphatic heterocycles. The van der Waals surface area contributed by atoms with E-state index in [2.05, 4.69) is 27.0 Å². The number of hydrogen-bond acceptors (Lipinski definition) is 5. The Labute approximate surface area is 168 Å². The Balaban J connectivity index is 1.44. The van der Waals surface area contributed by atoms with Gasteiger partial charge in [-0.1, -0.05) is 42.1 Å². The summed E-state index contributed by atoms with van der Waals surface area (Å²) in [4.78, 5) is 16.8. The Kier molecular flexibility index (Phi) is 6.14. The lowest BCUT2D eigenvalue weighted by atomic mass is 10.1. The molecule has 2 aromatic heterocycles. The van der Waals surface area contributed by atoms with Gasteiger partial charge in [-0.05, 0) is 30.5 Å². The van der Waals surface area contributed by atoms with Crippen LogP contribution in [0, 0.1) is 0 Å². The molecule has 1 N–H and O–H groups in total. The molecule has 1 saturated heterocycles. The lowest BCUT2D eigenvalue weighted by Gasteiger charge is -2.16. The summed E-state index contributed by atoms with van der Waals surface area (Å²) < 4.78 is 13.2. The van der Waals surface area contributed by atoms with Gasteiger partial charge in [0.15, 0.2) is 5.16 Å². The van der Waals surface area contributed by atoms with E-state index >= 15 is 0 Å². The van der Waals surface area contributed by atoms with Gasteiger partial charge in [0.1, 0.15) is 5.76 Å². The van der Waals surface area contributed by atoms with Crippen molar-refractivity contribution in [1.82, 2.24) is 14.9 Å². The van der Waals surface area contributed by atoms with E-state index in [0.29, 0.717) is 12.3 Å². The average molecular weight is 398 g/mol. The molecular formula is C21H23N3O3S. The smallest absolute Gasteiger partial charge is 0.230 e. The lowest BCUT2D eigenvalue weighted by Crippen LogP contribution is -2.24. The molecule has 0 saturated carbocycles. The molecule has 1 aliphatic rings. The van der Waals surface area contributed by atoms with Gasteiger partial charge in [-0.2, -0.15) is 0 Å². The zero-order chi connectivity index (χ0) is 19.2. The van der Waals surface area contributed by atoms with Crippen LogP contribution in [0.2, 0.25) is 0 Å². The van der Waals surface area contributed by atoms with E-state index < -0.39 is 0 Å². The third-order valence-electron chi connectivity index (χ3n) is 4.67. The van der Waals surface area contributed by atoms with Crippen molar-refractivity contribution in [1.29, 1.82) is 0 Å². The number of ether oxygens (including phenoxy) is 1. The fraction of sp³-hybridized carbons (Fsp3) is 0.333. The maximum atomic E-state index is 12.2. The molecule has 0 bridgehead atoms. The third kappa shape index (κ3) is 4.66. The van der Waals surface area contributed by atoms with Crippen molar-refractivity contribution >= 4 is 17.7 Å². The maximum Gasteiger partial charge on any atom is 0.230 e. The second-order valence-corrected chi connectivity index (χ2v) is 7.62. The van der Waals surface area contributed by atoms with E-state index in [9.17, 15) is 4.79 Å². The molecule has 0 radical (unpaired) electrons. The molecule has 4 rings (SSSR count). The number of thioether (sulfide) groups is 1. The van der Waals surface area contributed by atoms with Crippen LogP contribution in [0.25, 0.3) is 11.3 Å².